The molecule has 0 aliphatic heterocycles. The lowest BCUT2D eigenvalue weighted by Gasteiger charge is -2.23. The van der Waals surface area contributed by atoms with Crippen molar-refractivity contribution in [2.75, 3.05) is 20.3 Å². The molecule has 3 rings (SSSR count). The van der Waals surface area contributed by atoms with Gasteiger partial charge in [-0.1, -0.05) is 29.8 Å². The fourth-order valence-corrected chi connectivity index (χ4v) is 5.16. The number of methoxy groups -OCH3 is 1. The first-order chi connectivity index (χ1) is 14.9. The van der Waals surface area contributed by atoms with E-state index in [4.69, 9.17) is 26.2 Å². The van der Waals surface area contributed by atoms with Crippen LogP contribution in [0, 0.1) is 0 Å². The maximum Gasteiger partial charge on any atom is 0.243 e. The van der Waals surface area contributed by atoms with Crippen molar-refractivity contribution in [3.8, 4) is 5.75 Å². The quantitative estimate of drug-likeness (QED) is 0.448. The number of benzene rings is 2. The van der Waals surface area contributed by atoms with Gasteiger partial charge in [-0.05, 0) is 30.3 Å². The predicted molar refractivity (Wildman–Crippen MR) is 120 cm³/mol. The fraction of sp³-hybridized carbons (Fsp3) is 0.286. The van der Waals surface area contributed by atoms with Crippen LogP contribution in [0.1, 0.15) is 16.3 Å². The fourth-order valence-electron chi connectivity index (χ4n) is 2.85. The number of hydrogen-bond acceptors (Lipinski definition) is 7. The number of aliphatic hydroxyl groups excluding tert-OH is 1. The lowest BCUT2D eigenvalue weighted by molar-refractivity contribution is 0.177. The molecule has 10 heteroatoms. The van der Waals surface area contributed by atoms with E-state index in [-0.39, 0.29) is 37.8 Å². The van der Waals surface area contributed by atoms with Gasteiger partial charge in [0.1, 0.15) is 17.4 Å². The number of hydrogen-bond donors (Lipinski definition) is 1. The van der Waals surface area contributed by atoms with Gasteiger partial charge in [0.2, 0.25) is 10.0 Å². The molecule has 0 spiro atoms. The van der Waals surface area contributed by atoms with Gasteiger partial charge < -0.3 is 14.6 Å². The van der Waals surface area contributed by atoms with Crippen molar-refractivity contribution in [1.82, 2.24) is 9.29 Å². The van der Waals surface area contributed by atoms with E-state index in [2.05, 4.69) is 4.98 Å². The number of halogens is 1. The van der Waals surface area contributed by atoms with Crippen molar-refractivity contribution < 1.29 is 23.0 Å². The van der Waals surface area contributed by atoms with Gasteiger partial charge in [0.25, 0.3) is 0 Å². The van der Waals surface area contributed by atoms with Crippen LogP contribution in [0.3, 0.4) is 0 Å². The highest BCUT2D eigenvalue weighted by molar-refractivity contribution is 7.89. The second-order valence-electron chi connectivity index (χ2n) is 6.58. The van der Waals surface area contributed by atoms with Gasteiger partial charge in [0, 0.05) is 36.2 Å². The van der Waals surface area contributed by atoms with E-state index in [0.717, 1.165) is 0 Å². The molecular formula is C21H23ClN2O5S2. The average molecular weight is 483 g/mol. The minimum absolute atomic E-state index is 0.0657. The topological polar surface area (TPSA) is 89.0 Å². The van der Waals surface area contributed by atoms with Crippen molar-refractivity contribution in [2.45, 2.75) is 24.7 Å². The summed E-state index contributed by atoms with van der Waals surface area (Å²) < 4.78 is 38.8. The number of sulfonamides is 1. The molecule has 0 atom stereocenters. The van der Waals surface area contributed by atoms with Crippen LogP contribution in [0.4, 0.5) is 0 Å². The van der Waals surface area contributed by atoms with Crippen LogP contribution in [-0.2, 0) is 34.5 Å². The molecule has 0 bridgehead atoms. The number of ether oxygens (including phenoxy) is 2. The molecule has 0 unspecified atom stereocenters. The monoisotopic (exact) mass is 482 g/mol. The van der Waals surface area contributed by atoms with E-state index >= 15 is 0 Å². The zero-order valence-electron chi connectivity index (χ0n) is 16.9. The van der Waals surface area contributed by atoms with Crippen molar-refractivity contribution in [1.29, 1.82) is 0 Å². The van der Waals surface area contributed by atoms with Crippen LogP contribution in [0.5, 0.6) is 5.75 Å². The van der Waals surface area contributed by atoms with Gasteiger partial charge >= 0.3 is 0 Å². The van der Waals surface area contributed by atoms with Crippen LogP contribution >= 0.6 is 22.9 Å². The molecule has 1 heterocycles. The van der Waals surface area contributed by atoms with Crippen LogP contribution in [0.15, 0.2) is 58.8 Å². The largest absolute Gasteiger partial charge is 0.486 e. The molecule has 0 saturated carbocycles. The zero-order valence-corrected chi connectivity index (χ0v) is 19.3. The minimum Gasteiger partial charge on any atom is -0.486 e. The molecule has 7 nitrogen and oxygen atoms in total. The summed E-state index contributed by atoms with van der Waals surface area (Å²) in [7, 11) is -2.23. The number of nitrogens with zero attached hydrogens (tertiary/aromatic N) is 2. The smallest absolute Gasteiger partial charge is 0.243 e. The molecule has 31 heavy (non-hydrogen) atoms. The van der Waals surface area contributed by atoms with Crippen LogP contribution < -0.4 is 4.74 Å². The van der Waals surface area contributed by atoms with Gasteiger partial charge in [0.05, 0.1) is 23.8 Å². The summed E-state index contributed by atoms with van der Waals surface area (Å²) in [5.41, 5.74) is 1.21. The van der Waals surface area contributed by atoms with Gasteiger partial charge in [-0.25, -0.2) is 13.4 Å². The minimum atomic E-state index is -3.75. The normalized spacial score (nSPS) is 11.7. The number of rotatable bonds is 11. The molecule has 166 valence electrons. The van der Waals surface area contributed by atoms with Crippen molar-refractivity contribution in [3.63, 3.8) is 0 Å². The Morgan fingerprint density at radius 3 is 2.65 bits per heavy atom. The summed E-state index contributed by atoms with van der Waals surface area (Å²) >= 11 is 7.57. The maximum absolute atomic E-state index is 13.2. The Hall–Kier alpha value is -2.01. The van der Waals surface area contributed by atoms with Gasteiger partial charge in [-0.2, -0.15) is 4.31 Å². The highest BCUT2D eigenvalue weighted by Crippen LogP contribution is 2.28. The first kappa shape index (κ1) is 23.6. The summed E-state index contributed by atoms with van der Waals surface area (Å²) in [6, 6.07) is 13.3. The predicted octanol–water partition coefficient (Wildman–Crippen LogP) is 3.71. The van der Waals surface area contributed by atoms with Gasteiger partial charge in [-0.15, -0.1) is 11.3 Å². The van der Waals surface area contributed by atoms with E-state index in [9.17, 15) is 8.42 Å². The second-order valence-corrected chi connectivity index (χ2v) is 9.89. The second kappa shape index (κ2) is 11.0. The van der Waals surface area contributed by atoms with Crippen LogP contribution in [0.2, 0.25) is 5.02 Å². The van der Waals surface area contributed by atoms with Gasteiger partial charge in [0.15, 0.2) is 0 Å². The van der Waals surface area contributed by atoms with E-state index < -0.39 is 10.0 Å². The number of thiazole rings is 1. The molecule has 0 aliphatic rings. The molecule has 0 aliphatic carbocycles. The Kier molecular flexibility index (Phi) is 8.42. The third-order valence-corrected chi connectivity index (χ3v) is 7.37. The van der Waals surface area contributed by atoms with Crippen LogP contribution in [-0.4, -0.2) is 43.1 Å². The zero-order chi connectivity index (χ0) is 22.3. The average Bonchev–Trinajstić information content (AvgIpc) is 3.24. The summed E-state index contributed by atoms with van der Waals surface area (Å²) in [4.78, 5) is 4.47. The Bertz CT molecular complexity index is 1090. The first-order valence-electron chi connectivity index (χ1n) is 9.43. The highest BCUT2D eigenvalue weighted by atomic mass is 35.5. The molecular weight excluding hydrogens is 460 g/mol. The van der Waals surface area contributed by atoms with Crippen molar-refractivity contribution in [2.24, 2.45) is 0 Å². The van der Waals surface area contributed by atoms with E-state index in [1.165, 1.54) is 22.8 Å². The number of aromatic nitrogens is 1. The lowest BCUT2D eigenvalue weighted by Crippen LogP contribution is -2.33. The Morgan fingerprint density at radius 2 is 1.97 bits per heavy atom. The first-order valence-corrected chi connectivity index (χ1v) is 12.1. The van der Waals surface area contributed by atoms with Crippen LogP contribution in [0.25, 0.3) is 0 Å². The van der Waals surface area contributed by atoms with E-state index in [0.29, 0.717) is 27.0 Å². The third-order valence-electron chi connectivity index (χ3n) is 4.41. The molecule has 0 radical (unpaired) electrons. The molecule has 0 amide bonds. The Morgan fingerprint density at radius 1 is 1.19 bits per heavy atom. The van der Waals surface area contributed by atoms with Gasteiger partial charge in [-0.3, -0.25) is 0 Å². The molecule has 1 N–H and O–H groups in total. The lowest BCUT2D eigenvalue weighted by atomic mass is 10.2. The molecule has 3 aromatic rings. The Labute approximate surface area is 190 Å². The summed E-state index contributed by atoms with van der Waals surface area (Å²) in [5, 5.41) is 12.1. The molecule has 2 aromatic carbocycles. The standard InChI is InChI=1S/C21H23ClN2O5S2/c1-28-10-9-24(31(26,27)19-5-3-2-4-6-19)12-16-11-17(22)7-8-20(16)29-14-21-23-18(13-25)15-30-21/h2-8,11,15,25H,9-10,12-14H2,1H3. The summed E-state index contributed by atoms with van der Waals surface area (Å²) in [6.07, 6.45) is 0. The SMILES string of the molecule is COCCN(Cc1cc(Cl)ccc1OCc1nc(CO)cs1)S(=O)(=O)c1ccccc1. The number of aliphatic hydroxyl groups is 1. The maximum atomic E-state index is 13.2. The molecule has 0 saturated heterocycles. The van der Waals surface area contributed by atoms with Crippen molar-refractivity contribution in [3.05, 3.63) is 75.2 Å². The van der Waals surface area contributed by atoms with E-state index in [1.54, 1.807) is 53.9 Å². The third kappa shape index (κ3) is 6.25. The molecule has 0 fully saturated rings. The van der Waals surface area contributed by atoms with E-state index in [1.807, 2.05) is 0 Å². The van der Waals surface area contributed by atoms with Crippen molar-refractivity contribution >= 4 is 33.0 Å². The summed E-state index contributed by atoms with van der Waals surface area (Å²) in [5.74, 6) is 0.510. The highest BCUT2D eigenvalue weighted by Gasteiger charge is 2.25. The summed E-state index contributed by atoms with van der Waals surface area (Å²) in [6.45, 7) is 0.547. The molecule has 1 aromatic heterocycles. The Balaban J connectivity index is 1.85.